The second kappa shape index (κ2) is 16.4. The maximum absolute atomic E-state index is 13.2. The molecule has 1 aliphatic heterocycles. The van der Waals surface area contributed by atoms with Crippen molar-refractivity contribution in [2.75, 3.05) is 19.8 Å². The van der Waals surface area contributed by atoms with E-state index < -0.39 is 5.92 Å². The number of ether oxygens (including phenoxy) is 1. The molecule has 0 radical (unpaired) electrons. The fourth-order valence-electron chi connectivity index (χ4n) is 5.15. The zero-order chi connectivity index (χ0) is 28.7. The summed E-state index contributed by atoms with van der Waals surface area (Å²) < 4.78 is 5.53. The van der Waals surface area contributed by atoms with Crippen LogP contribution in [0.25, 0.3) is 0 Å². The highest BCUT2D eigenvalue weighted by molar-refractivity contribution is 5.86. The first-order chi connectivity index (χ1) is 19.5. The number of rotatable bonds is 16. The molecule has 7 nitrogen and oxygen atoms in total. The van der Waals surface area contributed by atoms with Crippen LogP contribution in [0.15, 0.2) is 79.9 Å². The molecular formula is C33H42N2O5. The number of allylic oxidation sites excluding steroid dienone is 2. The van der Waals surface area contributed by atoms with Gasteiger partial charge in [0.2, 0.25) is 11.8 Å². The number of aliphatic hydroxyl groups excluding tert-OH is 1. The van der Waals surface area contributed by atoms with Crippen molar-refractivity contribution in [3.63, 3.8) is 0 Å². The summed E-state index contributed by atoms with van der Waals surface area (Å²) in [5, 5.41) is 12.7. The van der Waals surface area contributed by atoms with Crippen molar-refractivity contribution in [3.05, 3.63) is 96.6 Å². The van der Waals surface area contributed by atoms with Crippen LogP contribution in [0.4, 0.5) is 0 Å². The van der Waals surface area contributed by atoms with E-state index >= 15 is 0 Å². The van der Waals surface area contributed by atoms with Gasteiger partial charge in [-0.2, -0.15) is 0 Å². The lowest BCUT2D eigenvalue weighted by atomic mass is 9.92. The molecule has 0 aliphatic carbocycles. The third-order valence-corrected chi connectivity index (χ3v) is 7.39. The minimum atomic E-state index is -0.595. The molecule has 2 aromatic carbocycles. The van der Waals surface area contributed by atoms with Crippen LogP contribution >= 0.6 is 0 Å². The van der Waals surface area contributed by atoms with E-state index in [0.717, 1.165) is 29.5 Å². The Balaban J connectivity index is 1.50. The lowest BCUT2D eigenvalue weighted by molar-refractivity contribution is -0.149. The second-order valence-electron chi connectivity index (χ2n) is 10.3. The normalized spacial score (nSPS) is 15.8. The number of aliphatic hydroxyl groups is 1. The van der Waals surface area contributed by atoms with Gasteiger partial charge in [-0.1, -0.05) is 66.7 Å². The van der Waals surface area contributed by atoms with Gasteiger partial charge in [-0.3, -0.25) is 14.4 Å². The van der Waals surface area contributed by atoms with Gasteiger partial charge in [-0.25, -0.2) is 0 Å². The number of unbranched alkanes of at least 4 members (excludes halogenated alkanes) is 1. The number of fused-ring (bicyclic) bond motifs is 1. The van der Waals surface area contributed by atoms with Crippen molar-refractivity contribution in [2.45, 2.75) is 57.5 Å². The molecule has 3 unspecified atom stereocenters. The molecule has 7 heteroatoms. The maximum Gasteiger partial charge on any atom is 0.309 e. The molecule has 2 N–H and O–H groups in total. The van der Waals surface area contributed by atoms with Gasteiger partial charge in [0.05, 0.1) is 31.0 Å². The van der Waals surface area contributed by atoms with E-state index in [0.29, 0.717) is 32.2 Å². The smallest absolute Gasteiger partial charge is 0.309 e. The predicted molar refractivity (Wildman–Crippen MR) is 156 cm³/mol. The molecule has 40 heavy (non-hydrogen) atoms. The zero-order valence-corrected chi connectivity index (χ0v) is 23.3. The molecule has 1 heterocycles. The monoisotopic (exact) mass is 546 g/mol. The maximum atomic E-state index is 13.2. The Labute approximate surface area is 237 Å². The van der Waals surface area contributed by atoms with Crippen LogP contribution in [-0.2, 0) is 38.5 Å². The number of esters is 1. The van der Waals surface area contributed by atoms with Gasteiger partial charge in [-0.15, -0.1) is 13.2 Å². The van der Waals surface area contributed by atoms with Crippen LogP contribution in [0.3, 0.4) is 0 Å². The topological polar surface area (TPSA) is 95.9 Å². The Kier molecular flexibility index (Phi) is 12.6. The number of benzene rings is 2. The Hall–Kier alpha value is -3.71. The fourth-order valence-corrected chi connectivity index (χ4v) is 5.15. The number of carbonyl (C=O) groups excluding carboxylic acids is 3. The van der Waals surface area contributed by atoms with Crippen molar-refractivity contribution in [1.82, 2.24) is 10.2 Å². The molecule has 0 spiro atoms. The molecule has 0 fully saturated rings. The number of carbonyl (C=O) groups is 3. The van der Waals surface area contributed by atoms with Crippen molar-refractivity contribution in [3.8, 4) is 0 Å². The first-order valence-corrected chi connectivity index (χ1v) is 14.1. The predicted octanol–water partition coefficient (Wildman–Crippen LogP) is 4.39. The minimum Gasteiger partial charge on any atom is -0.464 e. The number of nitrogens with zero attached hydrogens (tertiary/aromatic N) is 1. The average Bonchev–Trinajstić information content (AvgIpc) is 2.98. The molecule has 3 rings (SSSR count). The van der Waals surface area contributed by atoms with Gasteiger partial charge < -0.3 is 20.1 Å². The van der Waals surface area contributed by atoms with Gasteiger partial charge in [0, 0.05) is 13.0 Å². The van der Waals surface area contributed by atoms with Gasteiger partial charge in [-0.05, 0) is 55.2 Å². The number of hydrogen-bond acceptors (Lipinski definition) is 5. The third kappa shape index (κ3) is 9.19. The molecular weight excluding hydrogens is 504 g/mol. The van der Waals surface area contributed by atoms with E-state index in [1.807, 2.05) is 60.7 Å². The van der Waals surface area contributed by atoms with Gasteiger partial charge in [0.25, 0.3) is 0 Å². The standard InChI is InChI=1S/C33H42N2O5/c1-3-5-7-16-28(20-25-13-8-6-9-14-25)33(39)40-19-18-34-32(38)27(12-4-2)22-31(37)35-23-29-17-11-10-15-26(29)21-30(35)24-36/h3-4,6,8-11,13-15,17,27-28,30,36H,1-2,5,7,12,16,18-24H2,(H,34,38). The SMILES string of the molecule is C=CCCCC(Cc1ccccc1)C(=O)OCCNC(=O)C(CC=C)CC(=O)N1Cc2ccccc2CC1CO. The Morgan fingerprint density at radius 3 is 2.45 bits per heavy atom. The summed E-state index contributed by atoms with van der Waals surface area (Å²) >= 11 is 0. The molecule has 0 bridgehead atoms. The van der Waals surface area contributed by atoms with E-state index in [2.05, 4.69) is 18.5 Å². The van der Waals surface area contributed by atoms with Gasteiger partial charge in [0.1, 0.15) is 6.61 Å². The zero-order valence-electron chi connectivity index (χ0n) is 23.3. The fraction of sp³-hybridized carbons (Fsp3) is 0.424. The lowest BCUT2D eigenvalue weighted by Crippen LogP contribution is -2.47. The molecule has 0 aromatic heterocycles. The van der Waals surface area contributed by atoms with E-state index in [-0.39, 0.29) is 55.9 Å². The number of hydrogen-bond donors (Lipinski definition) is 2. The highest BCUT2D eigenvalue weighted by Crippen LogP contribution is 2.25. The highest BCUT2D eigenvalue weighted by Gasteiger charge is 2.31. The first kappa shape index (κ1) is 30.8. The minimum absolute atomic E-state index is 0.0127. The van der Waals surface area contributed by atoms with Crippen LogP contribution in [0.5, 0.6) is 0 Å². The lowest BCUT2D eigenvalue weighted by Gasteiger charge is -2.36. The molecule has 3 atom stereocenters. The van der Waals surface area contributed by atoms with Crippen LogP contribution in [0.2, 0.25) is 0 Å². The summed E-state index contributed by atoms with van der Waals surface area (Å²) in [6.45, 7) is 8.00. The molecule has 2 amide bonds. The summed E-state index contributed by atoms with van der Waals surface area (Å²) in [5.41, 5.74) is 3.27. The summed E-state index contributed by atoms with van der Waals surface area (Å²) in [7, 11) is 0. The Bertz CT molecular complexity index is 1130. The van der Waals surface area contributed by atoms with Gasteiger partial charge >= 0.3 is 5.97 Å². The summed E-state index contributed by atoms with van der Waals surface area (Å²) in [6.07, 6.45) is 7.40. The van der Waals surface area contributed by atoms with Crippen molar-refractivity contribution >= 4 is 17.8 Å². The molecule has 1 aliphatic rings. The van der Waals surface area contributed by atoms with E-state index in [9.17, 15) is 19.5 Å². The summed E-state index contributed by atoms with van der Waals surface area (Å²) in [5.74, 6) is -1.60. The van der Waals surface area contributed by atoms with E-state index in [1.165, 1.54) is 0 Å². The van der Waals surface area contributed by atoms with Crippen LogP contribution < -0.4 is 5.32 Å². The molecule has 214 valence electrons. The van der Waals surface area contributed by atoms with Crippen LogP contribution in [0.1, 0.15) is 48.8 Å². The molecule has 0 saturated carbocycles. The Morgan fingerprint density at radius 1 is 1.02 bits per heavy atom. The van der Waals surface area contributed by atoms with Crippen molar-refractivity contribution < 1.29 is 24.2 Å². The van der Waals surface area contributed by atoms with E-state index in [4.69, 9.17) is 4.74 Å². The second-order valence-corrected chi connectivity index (χ2v) is 10.3. The van der Waals surface area contributed by atoms with E-state index in [1.54, 1.807) is 11.0 Å². The van der Waals surface area contributed by atoms with Gasteiger partial charge in [0.15, 0.2) is 0 Å². The number of nitrogens with one attached hydrogen (secondary N) is 1. The van der Waals surface area contributed by atoms with Crippen LogP contribution in [-0.4, -0.2) is 53.6 Å². The van der Waals surface area contributed by atoms with Crippen molar-refractivity contribution in [1.29, 1.82) is 0 Å². The number of amides is 2. The summed E-state index contributed by atoms with van der Waals surface area (Å²) in [4.78, 5) is 40.7. The van der Waals surface area contributed by atoms with Crippen LogP contribution in [0, 0.1) is 11.8 Å². The summed E-state index contributed by atoms with van der Waals surface area (Å²) in [6, 6.07) is 17.4. The third-order valence-electron chi connectivity index (χ3n) is 7.39. The quantitative estimate of drug-likeness (QED) is 0.185. The Morgan fingerprint density at radius 2 is 1.75 bits per heavy atom. The average molecular weight is 547 g/mol. The first-order valence-electron chi connectivity index (χ1n) is 14.1. The highest BCUT2D eigenvalue weighted by atomic mass is 16.5. The largest absolute Gasteiger partial charge is 0.464 e. The van der Waals surface area contributed by atoms with Crippen molar-refractivity contribution in [2.24, 2.45) is 11.8 Å². The molecule has 2 aromatic rings. The molecule has 0 saturated heterocycles.